The Morgan fingerprint density at radius 2 is 0.976 bits per heavy atom. The van der Waals surface area contributed by atoms with Gasteiger partial charge in [0.1, 0.15) is 0 Å². The van der Waals surface area contributed by atoms with Gasteiger partial charge in [-0.1, -0.05) is 103 Å². The third-order valence-corrected chi connectivity index (χ3v) is 9.26. The van der Waals surface area contributed by atoms with Crippen molar-refractivity contribution >= 4 is 65.2 Å². The Morgan fingerprint density at radius 3 is 1.69 bits per heavy atom. The van der Waals surface area contributed by atoms with Crippen molar-refractivity contribution in [1.82, 2.24) is 9.55 Å². The zero-order chi connectivity index (χ0) is 27.9. The first-order valence-electron chi connectivity index (χ1n) is 14.6. The van der Waals surface area contributed by atoms with Crippen LogP contribution in [0.5, 0.6) is 0 Å². The third-order valence-electron chi connectivity index (χ3n) is 9.26. The van der Waals surface area contributed by atoms with Crippen molar-refractivity contribution in [2.75, 3.05) is 0 Å². The number of aromatic amines is 1. The molecule has 2 aromatic heterocycles. The normalized spacial score (nSPS) is 12.0. The summed E-state index contributed by atoms with van der Waals surface area (Å²) in [5, 5.41) is 10.4. The fraction of sp³-hybridized carbons (Fsp3) is 0.0500. The van der Waals surface area contributed by atoms with E-state index < -0.39 is 0 Å². The number of rotatable bonds is 2. The maximum Gasteiger partial charge on any atom is 0.0582 e. The van der Waals surface area contributed by atoms with Gasteiger partial charge in [-0.2, -0.15) is 0 Å². The van der Waals surface area contributed by atoms with Crippen LogP contribution in [0.2, 0.25) is 0 Å². The monoisotopic (exact) mass is 536 g/mol. The highest BCUT2D eigenvalue weighted by molar-refractivity contribution is 6.29. The van der Waals surface area contributed by atoms with Gasteiger partial charge < -0.3 is 9.55 Å². The minimum Gasteiger partial charge on any atom is -0.354 e. The molecule has 9 aromatic rings. The molecule has 0 unspecified atom stereocenters. The average Bonchev–Trinajstić information content (AvgIpc) is 3.61. The van der Waals surface area contributed by atoms with Crippen LogP contribution in [0.4, 0.5) is 0 Å². The van der Waals surface area contributed by atoms with Gasteiger partial charge in [-0.25, -0.2) is 0 Å². The molecule has 2 heterocycles. The number of benzene rings is 7. The SMILES string of the molecule is Cc1c(-c2c(C)c3c(c4ccccc24)c2ccccc2n3-c2ccccc2)c2ccccc2c2c1[nH]c1ccccc12. The van der Waals surface area contributed by atoms with Gasteiger partial charge in [0.15, 0.2) is 0 Å². The lowest BCUT2D eigenvalue weighted by Gasteiger charge is -2.20. The number of hydrogen-bond donors (Lipinski definition) is 1. The highest BCUT2D eigenvalue weighted by Crippen LogP contribution is 2.48. The van der Waals surface area contributed by atoms with E-state index in [2.05, 4.69) is 151 Å². The molecule has 0 aliphatic carbocycles. The first-order chi connectivity index (χ1) is 20.7. The van der Waals surface area contributed by atoms with E-state index in [1.54, 1.807) is 0 Å². The molecule has 0 saturated carbocycles. The van der Waals surface area contributed by atoms with Gasteiger partial charge in [0.2, 0.25) is 0 Å². The highest BCUT2D eigenvalue weighted by Gasteiger charge is 2.24. The number of hydrogen-bond acceptors (Lipinski definition) is 0. The lowest BCUT2D eigenvalue weighted by molar-refractivity contribution is 1.17. The van der Waals surface area contributed by atoms with Crippen molar-refractivity contribution < 1.29 is 0 Å². The maximum atomic E-state index is 3.81. The maximum absolute atomic E-state index is 3.81. The highest BCUT2D eigenvalue weighted by atomic mass is 15.0. The molecule has 0 spiro atoms. The number of para-hydroxylation sites is 3. The van der Waals surface area contributed by atoms with Crippen molar-refractivity contribution in [2.24, 2.45) is 0 Å². The first-order valence-corrected chi connectivity index (χ1v) is 14.6. The summed E-state index contributed by atoms with van der Waals surface area (Å²) >= 11 is 0. The van der Waals surface area contributed by atoms with Crippen LogP contribution in [0.15, 0.2) is 127 Å². The number of aryl methyl sites for hydroxylation is 2. The van der Waals surface area contributed by atoms with Crippen molar-refractivity contribution in [1.29, 1.82) is 0 Å². The molecule has 7 aromatic carbocycles. The van der Waals surface area contributed by atoms with Crippen LogP contribution < -0.4 is 0 Å². The summed E-state index contributed by atoms with van der Waals surface area (Å²) in [6.07, 6.45) is 0. The number of nitrogens with zero attached hydrogens (tertiary/aromatic N) is 1. The summed E-state index contributed by atoms with van der Waals surface area (Å²) in [4.78, 5) is 3.81. The van der Waals surface area contributed by atoms with E-state index >= 15 is 0 Å². The van der Waals surface area contributed by atoms with E-state index in [0.29, 0.717) is 0 Å². The quantitative estimate of drug-likeness (QED) is 0.227. The van der Waals surface area contributed by atoms with Crippen molar-refractivity contribution in [3.8, 4) is 16.8 Å². The Balaban J connectivity index is 1.55. The molecular formula is C40H28N2. The molecule has 0 amide bonds. The van der Waals surface area contributed by atoms with Crippen LogP contribution in [0.3, 0.4) is 0 Å². The summed E-state index contributed by atoms with van der Waals surface area (Å²) in [6.45, 7) is 4.62. The van der Waals surface area contributed by atoms with Gasteiger partial charge in [0.25, 0.3) is 0 Å². The fourth-order valence-electron chi connectivity index (χ4n) is 7.55. The topological polar surface area (TPSA) is 20.7 Å². The van der Waals surface area contributed by atoms with E-state index in [1.807, 2.05) is 0 Å². The van der Waals surface area contributed by atoms with Crippen molar-refractivity contribution in [2.45, 2.75) is 13.8 Å². The largest absolute Gasteiger partial charge is 0.354 e. The molecule has 9 rings (SSSR count). The van der Waals surface area contributed by atoms with Crippen LogP contribution in [0.1, 0.15) is 11.1 Å². The minimum absolute atomic E-state index is 1.18. The van der Waals surface area contributed by atoms with Crippen LogP contribution in [-0.2, 0) is 0 Å². The Bertz CT molecular complexity index is 2530. The molecule has 0 saturated heterocycles. The predicted molar refractivity (Wildman–Crippen MR) is 180 cm³/mol. The van der Waals surface area contributed by atoms with E-state index in [4.69, 9.17) is 0 Å². The third kappa shape index (κ3) is 2.99. The van der Waals surface area contributed by atoms with Gasteiger partial charge in [0.05, 0.1) is 16.6 Å². The van der Waals surface area contributed by atoms with E-state index in [9.17, 15) is 0 Å². The second kappa shape index (κ2) is 8.58. The molecule has 0 radical (unpaired) electrons. The van der Waals surface area contributed by atoms with Crippen molar-refractivity contribution in [3.05, 3.63) is 139 Å². The van der Waals surface area contributed by atoms with Gasteiger partial charge in [-0.05, 0) is 81.9 Å². The first kappa shape index (κ1) is 23.4. The summed E-state index contributed by atoms with van der Waals surface area (Å²) < 4.78 is 2.47. The van der Waals surface area contributed by atoms with E-state index in [0.717, 1.165) is 0 Å². The zero-order valence-corrected chi connectivity index (χ0v) is 23.6. The fourth-order valence-corrected chi connectivity index (χ4v) is 7.55. The van der Waals surface area contributed by atoms with Gasteiger partial charge in [-0.3, -0.25) is 0 Å². The smallest absolute Gasteiger partial charge is 0.0582 e. The molecule has 2 heteroatoms. The molecule has 0 aliphatic rings. The molecule has 0 atom stereocenters. The number of H-pyrrole nitrogens is 1. The number of fused-ring (bicyclic) bond motifs is 10. The van der Waals surface area contributed by atoms with Gasteiger partial charge in [0, 0.05) is 32.7 Å². The van der Waals surface area contributed by atoms with Crippen LogP contribution in [-0.4, -0.2) is 9.55 Å². The molecule has 0 fully saturated rings. The van der Waals surface area contributed by atoms with Crippen LogP contribution in [0.25, 0.3) is 82.0 Å². The Hall–Kier alpha value is -5.34. The molecule has 42 heavy (non-hydrogen) atoms. The molecule has 0 bridgehead atoms. The molecule has 1 N–H and O–H groups in total. The Kier molecular flexibility index (Phi) is 4.77. The lowest BCUT2D eigenvalue weighted by Crippen LogP contribution is -1.99. The summed E-state index contributed by atoms with van der Waals surface area (Å²) in [6, 6.07) is 46.3. The molecule has 0 aliphatic heterocycles. The molecule has 2 nitrogen and oxygen atoms in total. The average molecular weight is 537 g/mol. The summed E-state index contributed by atoms with van der Waals surface area (Å²) in [5.41, 5.74) is 11.3. The standard InChI is InChI=1S/C40H28N2/c1-24-35(27-16-6-8-18-29(27)37-31-20-10-12-22-33(31)41-39(24)37)36-25(2)40-38(30-19-9-7-17-28(30)36)32-21-11-13-23-34(32)42(40)26-14-4-3-5-15-26/h3-23,41H,1-2H3. The molecule has 198 valence electrons. The van der Waals surface area contributed by atoms with Crippen molar-refractivity contribution in [3.63, 3.8) is 0 Å². The summed E-state index contributed by atoms with van der Waals surface area (Å²) in [7, 11) is 0. The van der Waals surface area contributed by atoms with Crippen LogP contribution in [0, 0.1) is 13.8 Å². The Morgan fingerprint density at radius 1 is 0.452 bits per heavy atom. The zero-order valence-electron chi connectivity index (χ0n) is 23.6. The number of nitrogens with one attached hydrogen (secondary N) is 1. The second-order valence-electron chi connectivity index (χ2n) is 11.4. The van der Waals surface area contributed by atoms with E-state index in [1.165, 1.54) is 93.1 Å². The lowest BCUT2D eigenvalue weighted by atomic mass is 9.84. The minimum atomic E-state index is 1.18. The van der Waals surface area contributed by atoms with Gasteiger partial charge >= 0.3 is 0 Å². The Labute approximate surface area is 243 Å². The van der Waals surface area contributed by atoms with Crippen LogP contribution >= 0.6 is 0 Å². The summed E-state index contributed by atoms with van der Waals surface area (Å²) in [5.74, 6) is 0. The number of aromatic nitrogens is 2. The second-order valence-corrected chi connectivity index (χ2v) is 11.4. The van der Waals surface area contributed by atoms with Gasteiger partial charge in [-0.15, -0.1) is 0 Å². The molecular weight excluding hydrogens is 508 g/mol. The van der Waals surface area contributed by atoms with E-state index in [-0.39, 0.29) is 0 Å². The predicted octanol–water partition coefficient (Wildman–Crippen LogP) is 11.0.